The van der Waals surface area contributed by atoms with E-state index < -0.39 is 0 Å². The van der Waals surface area contributed by atoms with E-state index in [-0.39, 0.29) is 5.38 Å². The van der Waals surface area contributed by atoms with Crippen LogP contribution in [0.4, 0.5) is 0 Å². The standard InChI is InChI=1S/C17H24ClN3/c1-11-5-8-15-16(9-11)21(17(19-15)13(3)18)10-12(2)20(4)14-6-7-14/h5,8-9,12-14H,6-7,10H2,1-4H3. The molecule has 3 nitrogen and oxygen atoms in total. The van der Waals surface area contributed by atoms with Crippen molar-refractivity contribution in [1.82, 2.24) is 14.5 Å². The average Bonchev–Trinajstić information content (AvgIpc) is 3.22. The first-order chi connectivity index (χ1) is 9.97. The van der Waals surface area contributed by atoms with Crippen LogP contribution in [0.3, 0.4) is 0 Å². The van der Waals surface area contributed by atoms with Crippen LogP contribution in [0.15, 0.2) is 18.2 Å². The molecule has 0 spiro atoms. The summed E-state index contributed by atoms with van der Waals surface area (Å²) in [6.07, 6.45) is 2.67. The number of fused-ring (bicyclic) bond motifs is 1. The average molecular weight is 306 g/mol. The minimum atomic E-state index is -0.0730. The highest BCUT2D eigenvalue weighted by molar-refractivity contribution is 6.20. The zero-order chi connectivity index (χ0) is 15.1. The monoisotopic (exact) mass is 305 g/mol. The Kier molecular flexibility index (Phi) is 3.98. The van der Waals surface area contributed by atoms with Gasteiger partial charge in [-0.15, -0.1) is 11.6 Å². The van der Waals surface area contributed by atoms with Crippen LogP contribution in [0.2, 0.25) is 0 Å². The van der Waals surface area contributed by atoms with Crippen LogP contribution in [-0.2, 0) is 6.54 Å². The second-order valence-electron chi connectivity index (χ2n) is 6.43. The summed E-state index contributed by atoms with van der Waals surface area (Å²) in [6, 6.07) is 7.69. The number of imidazole rings is 1. The van der Waals surface area contributed by atoms with E-state index in [2.05, 4.69) is 48.6 Å². The van der Waals surface area contributed by atoms with Crippen molar-refractivity contribution in [3.05, 3.63) is 29.6 Å². The van der Waals surface area contributed by atoms with Gasteiger partial charge in [0.05, 0.1) is 16.4 Å². The van der Waals surface area contributed by atoms with Crippen LogP contribution >= 0.6 is 11.6 Å². The Hall–Kier alpha value is -1.06. The van der Waals surface area contributed by atoms with E-state index in [1.807, 2.05) is 6.92 Å². The number of benzene rings is 1. The molecule has 0 saturated heterocycles. The number of rotatable bonds is 5. The Morgan fingerprint density at radius 3 is 2.71 bits per heavy atom. The zero-order valence-corrected chi connectivity index (χ0v) is 14.1. The molecule has 1 aromatic heterocycles. The van der Waals surface area contributed by atoms with Crippen molar-refractivity contribution in [2.24, 2.45) is 0 Å². The number of nitrogens with zero attached hydrogens (tertiary/aromatic N) is 3. The topological polar surface area (TPSA) is 21.1 Å². The third-order valence-corrected chi connectivity index (χ3v) is 4.75. The molecule has 1 heterocycles. The van der Waals surface area contributed by atoms with Crippen molar-refractivity contribution in [1.29, 1.82) is 0 Å². The van der Waals surface area contributed by atoms with Crippen LogP contribution in [-0.4, -0.2) is 33.6 Å². The highest BCUT2D eigenvalue weighted by atomic mass is 35.5. The van der Waals surface area contributed by atoms with Gasteiger partial charge in [-0.25, -0.2) is 4.98 Å². The second-order valence-corrected chi connectivity index (χ2v) is 7.09. The van der Waals surface area contributed by atoms with E-state index >= 15 is 0 Å². The van der Waals surface area contributed by atoms with E-state index in [9.17, 15) is 0 Å². The number of aromatic nitrogens is 2. The van der Waals surface area contributed by atoms with Crippen LogP contribution in [0.1, 0.15) is 43.5 Å². The second kappa shape index (κ2) is 5.62. The Morgan fingerprint density at radius 2 is 2.10 bits per heavy atom. The lowest BCUT2D eigenvalue weighted by atomic mass is 10.2. The number of aryl methyl sites for hydroxylation is 1. The van der Waals surface area contributed by atoms with Gasteiger partial charge in [0.2, 0.25) is 0 Å². The van der Waals surface area contributed by atoms with Crippen molar-refractivity contribution in [2.75, 3.05) is 7.05 Å². The lowest BCUT2D eigenvalue weighted by Crippen LogP contribution is -2.34. The fourth-order valence-electron chi connectivity index (χ4n) is 2.98. The third kappa shape index (κ3) is 2.95. The minimum Gasteiger partial charge on any atom is -0.325 e. The highest BCUT2D eigenvalue weighted by Crippen LogP contribution is 2.29. The van der Waals surface area contributed by atoms with Gasteiger partial charge in [-0.2, -0.15) is 0 Å². The molecule has 114 valence electrons. The summed E-state index contributed by atoms with van der Waals surface area (Å²) in [4.78, 5) is 7.23. The van der Waals surface area contributed by atoms with Crippen molar-refractivity contribution in [2.45, 2.75) is 57.6 Å². The molecule has 1 aliphatic rings. The molecule has 0 amide bonds. The molecular weight excluding hydrogens is 282 g/mol. The van der Waals surface area contributed by atoms with Gasteiger partial charge in [0.25, 0.3) is 0 Å². The van der Waals surface area contributed by atoms with Crippen molar-refractivity contribution < 1.29 is 0 Å². The van der Waals surface area contributed by atoms with Gasteiger partial charge in [-0.3, -0.25) is 4.90 Å². The molecule has 0 bridgehead atoms. The number of hydrogen-bond acceptors (Lipinski definition) is 2. The molecule has 2 unspecified atom stereocenters. The first-order valence-corrected chi connectivity index (χ1v) is 8.24. The quantitative estimate of drug-likeness (QED) is 0.775. The molecule has 3 rings (SSSR count). The number of alkyl halides is 1. The van der Waals surface area contributed by atoms with E-state index in [4.69, 9.17) is 16.6 Å². The molecule has 2 atom stereocenters. The van der Waals surface area contributed by atoms with Gasteiger partial charge in [0.15, 0.2) is 0 Å². The predicted octanol–water partition coefficient (Wildman–Crippen LogP) is 4.13. The summed E-state index contributed by atoms with van der Waals surface area (Å²) in [5, 5.41) is -0.0730. The largest absolute Gasteiger partial charge is 0.325 e. The summed E-state index contributed by atoms with van der Waals surface area (Å²) in [5.41, 5.74) is 3.51. The van der Waals surface area contributed by atoms with Crippen molar-refractivity contribution in [3.8, 4) is 0 Å². The van der Waals surface area contributed by atoms with E-state index in [0.717, 1.165) is 23.9 Å². The third-order valence-electron chi connectivity index (χ3n) is 4.55. The van der Waals surface area contributed by atoms with E-state index in [1.54, 1.807) is 0 Å². The van der Waals surface area contributed by atoms with E-state index in [1.165, 1.54) is 23.9 Å². The maximum atomic E-state index is 6.36. The lowest BCUT2D eigenvalue weighted by Gasteiger charge is -2.26. The zero-order valence-electron chi connectivity index (χ0n) is 13.3. The molecule has 0 aliphatic heterocycles. The van der Waals surface area contributed by atoms with Gasteiger partial charge in [0.1, 0.15) is 5.82 Å². The molecule has 2 aromatic rings. The lowest BCUT2D eigenvalue weighted by molar-refractivity contribution is 0.226. The summed E-state index contributed by atoms with van der Waals surface area (Å²) < 4.78 is 2.31. The predicted molar refractivity (Wildman–Crippen MR) is 89.0 cm³/mol. The maximum absolute atomic E-state index is 6.36. The summed E-state index contributed by atoms with van der Waals surface area (Å²) in [7, 11) is 2.23. The van der Waals surface area contributed by atoms with Crippen LogP contribution < -0.4 is 0 Å². The smallest absolute Gasteiger partial charge is 0.127 e. The van der Waals surface area contributed by atoms with Crippen LogP contribution in [0.5, 0.6) is 0 Å². The molecule has 0 N–H and O–H groups in total. The highest BCUT2D eigenvalue weighted by Gasteiger charge is 2.30. The normalized spacial score (nSPS) is 18.4. The Labute approximate surface area is 131 Å². The molecule has 21 heavy (non-hydrogen) atoms. The Bertz CT molecular complexity index is 643. The number of hydrogen-bond donors (Lipinski definition) is 0. The molecule has 4 heteroatoms. The van der Waals surface area contributed by atoms with Crippen LogP contribution in [0.25, 0.3) is 11.0 Å². The van der Waals surface area contributed by atoms with Gasteiger partial charge in [-0.1, -0.05) is 6.07 Å². The SMILES string of the molecule is Cc1ccc2nc(C(C)Cl)n(CC(C)N(C)C3CC3)c2c1. The van der Waals surface area contributed by atoms with Crippen LogP contribution in [0, 0.1) is 6.92 Å². The molecule has 0 radical (unpaired) electrons. The number of halogens is 1. The molecular formula is C17H24ClN3. The van der Waals surface area contributed by atoms with Gasteiger partial charge >= 0.3 is 0 Å². The van der Waals surface area contributed by atoms with Gasteiger partial charge in [0, 0.05) is 18.6 Å². The minimum absolute atomic E-state index is 0.0730. The van der Waals surface area contributed by atoms with E-state index in [0.29, 0.717) is 6.04 Å². The summed E-state index contributed by atoms with van der Waals surface area (Å²) in [5.74, 6) is 0.980. The molecule has 1 saturated carbocycles. The van der Waals surface area contributed by atoms with Crippen molar-refractivity contribution in [3.63, 3.8) is 0 Å². The summed E-state index contributed by atoms with van der Waals surface area (Å²) in [6.45, 7) is 7.36. The first-order valence-electron chi connectivity index (χ1n) is 7.80. The fourth-order valence-corrected chi connectivity index (χ4v) is 3.15. The van der Waals surface area contributed by atoms with Gasteiger partial charge in [-0.05, 0) is 58.4 Å². The molecule has 1 aliphatic carbocycles. The van der Waals surface area contributed by atoms with Gasteiger partial charge < -0.3 is 4.57 Å². The molecule has 1 aromatic carbocycles. The first kappa shape index (κ1) is 14.9. The fraction of sp³-hybridized carbons (Fsp3) is 0.588. The number of likely N-dealkylation sites (N-methyl/N-ethyl adjacent to an activating group) is 1. The maximum Gasteiger partial charge on any atom is 0.127 e. The molecule has 1 fully saturated rings. The van der Waals surface area contributed by atoms with Crippen molar-refractivity contribution >= 4 is 22.6 Å². The summed E-state index contributed by atoms with van der Waals surface area (Å²) >= 11 is 6.36. The Balaban J connectivity index is 1.97. The Morgan fingerprint density at radius 1 is 1.38 bits per heavy atom.